The third-order valence-corrected chi connectivity index (χ3v) is 3.92. The van der Waals surface area contributed by atoms with Crippen LogP contribution in [0.2, 0.25) is 10.0 Å². The van der Waals surface area contributed by atoms with Crippen LogP contribution in [0.3, 0.4) is 0 Å². The first kappa shape index (κ1) is 18.1. The number of aliphatic carboxylic acids is 1. The first-order valence-corrected chi connectivity index (χ1v) is 7.85. The third kappa shape index (κ3) is 5.44. The Hall–Kier alpha value is -2.24. The van der Waals surface area contributed by atoms with E-state index >= 15 is 0 Å². The number of hydrogen-bond acceptors (Lipinski definition) is 3. The first-order valence-electron chi connectivity index (χ1n) is 7.09. The van der Waals surface area contributed by atoms with E-state index in [1.807, 2.05) is 18.2 Å². The predicted molar refractivity (Wildman–Crippen MR) is 91.7 cm³/mol. The van der Waals surface area contributed by atoms with Crippen LogP contribution >= 0.6 is 23.2 Å². The van der Waals surface area contributed by atoms with Gasteiger partial charge in [-0.3, -0.25) is 4.79 Å². The molecule has 0 bridgehead atoms. The minimum Gasteiger partial charge on any atom is -0.484 e. The fraction of sp³-hybridized carbons (Fsp3) is 0.176. The highest BCUT2D eigenvalue weighted by molar-refractivity contribution is 6.42. The summed E-state index contributed by atoms with van der Waals surface area (Å²) in [7, 11) is 0. The fourth-order valence-corrected chi connectivity index (χ4v) is 2.29. The van der Waals surface area contributed by atoms with Gasteiger partial charge in [0.25, 0.3) is 5.91 Å². The van der Waals surface area contributed by atoms with Crippen molar-refractivity contribution in [3.8, 4) is 5.75 Å². The Bertz CT molecular complexity index is 722. The van der Waals surface area contributed by atoms with Gasteiger partial charge in [0.05, 0.1) is 10.0 Å². The topological polar surface area (TPSA) is 75.6 Å². The summed E-state index contributed by atoms with van der Waals surface area (Å²) in [6, 6.07) is 12.6. The molecule has 1 amide bonds. The third-order valence-electron chi connectivity index (χ3n) is 3.18. The lowest BCUT2D eigenvalue weighted by Gasteiger charge is -2.15. The second-order valence-electron chi connectivity index (χ2n) is 5.01. The summed E-state index contributed by atoms with van der Waals surface area (Å²) in [6.45, 7) is -0.323. The molecule has 126 valence electrons. The van der Waals surface area contributed by atoms with Gasteiger partial charge in [0.2, 0.25) is 0 Å². The molecule has 0 heterocycles. The summed E-state index contributed by atoms with van der Waals surface area (Å²) in [5, 5.41) is 12.4. The van der Waals surface area contributed by atoms with Gasteiger partial charge in [-0.2, -0.15) is 0 Å². The van der Waals surface area contributed by atoms with E-state index in [-0.39, 0.29) is 13.0 Å². The minimum atomic E-state index is -1.11. The van der Waals surface area contributed by atoms with Crippen LogP contribution in [0, 0.1) is 0 Å². The van der Waals surface area contributed by atoms with E-state index in [0.717, 1.165) is 5.56 Å². The minimum absolute atomic E-state index is 0.189. The van der Waals surface area contributed by atoms with E-state index in [4.69, 9.17) is 27.9 Å². The van der Waals surface area contributed by atoms with Crippen molar-refractivity contribution < 1.29 is 19.4 Å². The number of amides is 1. The summed E-state index contributed by atoms with van der Waals surface area (Å²) in [4.78, 5) is 23.2. The molecule has 2 N–H and O–H groups in total. The van der Waals surface area contributed by atoms with Crippen LogP contribution in [0.5, 0.6) is 5.75 Å². The predicted octanol–water partition coefficient (Wildman–Crippen LogP) is 3.18. The van der Waals surface area contributed by atoms with Gasteiger partial charge in [-0.15, -0.1) is 0 Å². The Morgan fingerprint density at radius 2 is 1.79 bits per heavy atom. The SMILES string of the molecule is O=C(COc1ccc(Cl)c(Cl)c1)NC(Cc1ccccc1)C(=O)O. The maximum Gasteiger partial charge on any atom is 0.326 e. The Morgan fingerprint density at radius 3 is 2.42 bits per heavy atom. The van der Waals surface area contributed by atoms with Crippen molar-refractivity contribution in [1.29, 1.82) is 0 Å². The second kappa shape index (κ2) is 8.57. The zero-order chi connectivity index (χ0) is 17.5. The van der Waals surface area contributed by atoms with Gasteiger partial charge in [0, 0.05) is 12.5 Å². The number of rotatable bonds is 7. The summed E-state index contributed by atoms with van der Waals surface area (Å²) in [6.07, 6.45) is 0.189. The number of hydrogen-bond donors (Lipinski definition) is 2. The smallest absolute Gasteiger partial charge is 0.326 e. The average molecular weight is 368 g/mol. The highest BCUT2D eigenvalue weighted by Crippen LogP contribution is 2.26. The molecule has 2 aromatic rings. The van der Waals surface area contributed by atoms with Crippen molar-refractivity contribution in [2.24, 2.45) is 0 Å². The number of carboxylic acids is 1. The molecule has 0 aliphatic carbocycles. The zero-order valence-electron chi connectivity index (χ0n) is 12.5. The van der Waals surface area contributed by atoms with Crippen molar-refractivity contribution in [3.05, 3.63) is 64.1 Å². The quantitative estimate of drug-likeness (QED) is 0.787. The lowest BCUT2D eigenvalue weighted by atomic mass is 10.1. The molecular formula is C17H15Cl2NO4. The molecule has 2 rings (SSSR count). The molecule has 1 atom stereocenters. The number of carboxylic acid groups (broad SMARTS) is 1. The molecule has 0 radical (unpaired) electrons. The normalized spacial score (nSPS) is 11.6. The lowest BCUT2D eigenvalue weighted by Crippen LogP contribution is -2.44. The van der Waals surface area contributed by atoms with Crippen molar-refractivity contribution >= 4 is 35.1 Å². The van der Waals surface area contributed by atoms with E-state index in [9.17, 15) is 14.7 Å². The van der Waals surface area contributed by atoms with Crippen molar-refractivity contribution in [3.63, 3.8) is 0 Å². The van der Waals surface area contributed by atoms with Gasteiger partial charge in [0.1, 0.15) is 11.8 Å². The lowest BCUT2D eigenvalue weighted by molar-refractivity contribution is -0.142. The number of benzene rings is 2. The van der Waals surface area contributed by atoms with Crippen molar-refractivity contribution in [2.75, 3.05) is 6.61 Å². The fourth-order valence-electron chi connectivity index (χ4n) is 2.00. The highest BCUT2D eigenvalue weighted by Gasteiger charge is 2.20. The van der Waals surface area contributed by atoms with Crippen molar-refractivity contribution in [1.82, 2.24) is 5.32 Å². The molecule has 2 aromatic carbocycles. The molecule has 24 heavy (non-hydrogen) atoms. The molecule has 0 saturated carbocycles. The molecule has 1 unspecified atom stereocenters. The van der Waals surface area contributed by atoms with E-state index in [2.05, 4.69) is 5.32 Å². The van der Waals surface area contributed by atoms with Crippen LogP contribution in [-0.4, -0.2) is 29.6 Å². The van der Waals surface area contributed by atoms with Crippen LogP contribution in [-0.2, 0) is 16.0 Å². The molecule has 0 aromatic heterocycles. The van der Waals surface area contributed by atoms with Crippen LogP contribution in [0.4, 0.5) is 0 Å². The van der Waals surface area contributed by atoms with Crippen LogP contribution < -0.4 is 10.1 Å². The molecule has 0 saturated heterocycles. The molecule has 5 nitrogen and oxygen atoms in total. The largest absolute Gasteiger partial charge is 0.484 e. The first-order chi connectivity index (χ1) is 11.5. The molecule has 7 heteroatoms. The maximum atomic E-state index is 11.9. The molecule has 0 fully saturated rings. The van der Waals surface area contributed by atoms with Gasteiger partial charge in [-0.1, -0.05) is 53.5 Å². The summed E-state index contributed by atoms with van der Waals surface area (Å²) in [5.74, 6) is -1.28. The summed E-state index contributed by atoms with van der Waals surface area (Å²) < 4.78 is 5.29. The molecular weight excluding hydrogens is 353 g/mol. The van der Waals surface area contributed by atoms with E-state index in [0.29, 0.717) is 15.8 Å². The van der Waals surface area contributed by atoms with Gasteiger partial charge < -0.3 is 15.2 Å². The zero-order valence-corrected chi connectivity index (χ0v) is 14.1. The van der Waals surface area contributed by atoms with Gasteiger partial charge >= 0.3 is 5.97 Å². The standard InChI is InChI=1S/C17H15Cl2NO4/c18-13-7-6-12(9-14(13)19)24-10-16(21)20-15(17(22)23)8-11-4-2-1-3-5-11/h1-7,9,15H,8,10H2,(H,20,21)(H,22,23). The Labute approximate surface area is 149 Å². The highest BCUT2D eigenvalue weighted by atomic mass is 35.5. The van der Waals surface area contributed by atoms with Crippen molar-refractivity contribution in [2.45, 2.75) is 12.5 Å². The Kier molecular flexibility index (Phi) is 6.46. The van der Waals surface area contributed by atoms with Gasteiger partial charge in [-0.25, -0.2) is 4.79 Å². The van der Waals surface area contributed by atoms with Crippen LogP contribution in [0.1, 0.15) is 5.56 Å². The summed E-state index contributed by atoms with van der Waals surface area (Å²) >= 11 is 11.6. The van der Waals surface area contributed by atoms with Crippen LogP contribution in [0.15, 0.2) is 48.5 Å². The average Bonchev–Trinajstić information content (AvgIpc) is 2.56. The molecule has 0 aliphatic rings. The Morgan fingerprint density at radius 1 is 1.08 bits per heavy atom. The number of ether oxygens (including phenoxy) is 1. The van der Waals surface area contributed by atoms with E-state index in [1.54, 1.807) is 24.3 Å². The van der Waals surface area contributed by atoms with Gasteiger partial charge in [0.15, 0.2) is 6.61 Å². The van der Waals surface area contributed by atoms with E-state index < -0.39 is 17.9 Å². The maximum absolute atomic E-state index is 11.9. The summed E-state index contributed by atoms with van der Waals surface area (Å²) in [5.41, 5.74) is 0.815. The number of nitrogens with one attached hydrogen (secondary N) is 1. The van der Waals surface area contributed by atoms with Gasteiger partial charge in [-0.05, 0) is 17.7 Å². The number of carbonyl (C=O) groups is 2. The number of halogens is 2. The van der Waals surface area contributed by atoms with Crippen LogP contribution in [0.25, 0.3) is 0 Å². The number of carbonyl (C=O) groups excluding carboxylic acids is 1. The van der Waals surface area contributed by atoms with E-state index in [1.165, 1.54) is 6.07 Å². The molecule has 0 aliphatic heterocycles. The monoisotopic (exact) mass is 367 g/mol. The second-order valence-corrected chi connectivity index (χ2v) is 5.83. The Balaban J connectivity index is 1.90. The molecule has 0 spiro atoms.